The summed E-state index contributed by atoms with van der Waals surface area (Å²) < 4.78 is 0. The van der Waals surface area contributed by atoms with Gasteiger partial charge in [0.25, 0.3) is 0 Å². The zero-order valence-electron chi connectivity index (χ0n) is 16.9. The van der Waals surface area contributed by atoms with Crippen molar-refractivity contribution in [2.45, 2.75) is 39.7 Å². The summed E-state index contributed by atoms with van der Waals surface area (Å²) in [7, 11) is 2.13. The fourth-order valence-electron chi connectivity index (χ4n) is 2.98. The predicted molar refractivity (Wildman–Crippen MR) is 115 cm³/mol. The highest BCUT2D eigenvalue weighted by Gasteiger charge is 2.16. The molecule has 0 aromatic heterocycles. The summed E-state index contributed by atoms with van der Waals surface area (Å²) in [6.45, 7) is 7.15. The van der Waals surface area contributed by atoms with E-state index >= 15 is 0 Å². The highest BCUT2D eigenvalue weighted by atomic mass is 16.3. The van der Waals surface area contributed by atoms with Gasteiger partial charge in [0.2, 0.25) is 0 Å². The van der Waals surface area contributed by atoms with E-state index in [1.807, 2.05) is 24.3 Å². The van der Waals surface area contributed by atoms with Gasteiger partial charge in [-0.1, -0.05) is 60.4 Å². The molecule has 1 atom stereocenters. The van der Waals surface area contributed by atoms with Crippen LogP contribution < -0.4 is 0 Å². The van der Waals surface area contributed by atoms with Crippen molar-refractivity contribution in [2.75, 3.05) is 13.6 Å². The third kappa shape index (κ3) is 7.72. The number of hydrogen-bond acceptors (Lipinski definition) is 2. The lowest BCUT2D eigenvalue weighted by Gasteiger charge is -2.28. The third-order valence-electron chi connectivity index (χ3n) is 4.38. The van der Waals surface area contributed by atoms with Crippen LogP contribution in [-0.4, -0.2) is 23.6 Å². The summed E-state index contributed by atoms with van der Waals surface area (Å²) in [5.74, 6) is 6.67. The summed E-state index contributed by atoms with van der Waals surface area (Å²) in [6.07, 6.45) is 6.04. The summed E-state index contributed by atoms with van der Waals surface area (Å²) in [6, 6.07) is 18.4. The molecule has 0 radical (unpaired) electrons. The van der Waals surface area contributed by atoms with Crippen LogP contribution in [0, 0.1) is 17.3 Å². The number of likely N-dealkylation sites (N-methyl/N-ethyl adjacent to an activating group) is 1. The normalized spacial score (nSPS) is 12.8. The minimum absolute atomic E-state index is 0.0238. The smallest absolute Gasteiger partial charge is 0.115 e. The molecule has 0 aliphatic carbocycles. The van der Waals surface area contributed by atoms with Gasteiger partial charge in [0.05, 0.1) is 0 Å². The average Bonchev–Trinajstić information content (AvgIpc) is 2.61. The second-order valence-electron chi connectivity index (χ2n) is 8.00. The standard InChI is InChI=1S/C25H31NO/c1-25(2,3)18-9-6-10-19-26(4)24(22-14-11-15-23(27)20-22)17-16-21-12-7-5-8-13-21/h5-8,10-15,20,24,27H,16-17,19H2,1-4H3/b10-6+. The molecule has 0 saturated carbocycles. The Balaban J connectivity index is 2.08. The van der Waals surface area contributed by atoms with Crippen LogP contribution in [0.1, 0.15) is 44.4 Å². The van der Waals surface area contributed by atoms with Gasteiger partial charge in [0.1, 0.15) is 5.75 Å². The molecule has 1 N–H and O–H groups in total. The second-order valence-corrected chi connectivity index (χ2v) is 8.00. The largest absolute Gasteiger partial charge is 0.508 e. The number of allylic oxidation sites excluding steroid dienone is 1. The topological polar surface area (TPSA) is 23.5 Å². The van der Waals surface area contributed by atoms with Gasteiger partial charge >= 0.3 is 0 Å². The maximum atomic E-state index is 9.90. The van der Waals surface area contributed by atoms with Gasteiger partial charge < -0.3 is 5.11 Å². The zero-order chi connectivity index (χ0) is 19.7. The number of phenols is 1. The quantitative estimate of drug-likeness (QED) is 0.649. The number of phenolic OH excluding ortho intramolecular Hbond substituents is 1. The first kappa shape index (κ1) is 20.8. The highest BCUT2D eigenvalue weighted by Crippen LogP contribution is 2.27. The van der Waals surface area contributed by atoms with E-state index in [4.69, 9.17) is 0 Å². The van der Waals surface area contributed by atoms with Gasteiger partial charge in [-0.15, -0.1) is 0 Å². The fourth-order valence-corrected chi connectivity index (χ4v) is 2.98. The second kappa shape index (κ2) is 10.00. The Morgan fingerprint density at radius 3 is 2.48 bits per heavy atom. The molecule has 0 amide bonds. The Morgan fingerprint density at radius 1 is 1.07 bits per heavy atom. The lowest BCUT2D eigenvalue weighted by Crippen LogP contribution is -2.25. The van der Waals surface area contributed by atoms with Crippen molar-refractivity contribution in [3.8, 4) is 17.6 Å². The van der Waals surface area contributed by atoms with Gasteiger partial charge in [0, 0.05) is 18.0 Å². The molecule has 2 aromatic carbocycles. The molecule has 2 rings (SSSR count). The molecule has 1 unspecified atom stereocenters. The van der Waals surface area contributed by atoms with Crippen molar-refractivity contribution in [1.82, 2.24) is 4.90 Å². The number of nitrogens with zero attached hydrogens (tertiary/aromatic N) is 1. The summed E-state index contributed by atoms with van der Waals surface area (Å²) in [4.78, 5) is 2.31. The molecule has 2 aromatic rings. The lowest BCUT2D eigenvalue weighted by atomic mass is 9.97. The number of rotatable bonds is 7. The molecule has 2 nitrogen and oxygen atoms in total. The number of hydrogen-bond donors (Lipinski definition) is 1. The first-order valence-electron chi connectivity index (χ1n) is 9.56. The predicted octanol–water partition coefficient (Wildman–Crippen LogP) is 5.60. The third-order valence-corrected chi connectivity index (χ3v) is 4.38. The van der Waals surface area contributed by atoms with Crippen LogP contribution in [-0.2, 0) is 6.42 Å². The van der Waals surface area contributed by atoms with E-state index < -0.39 is 0 Å². The lowest BCUT2D eigenvalue weighted by molar-refractivity contribution is 0.256. The Labute approximate surface area is 164 Å². The maximum Gasteiger partial charge on any atom is 0.115 e. The molecule has 0 saturated heterocycles. The van der Waals surface area contributed by atoms with Gasteiger partial charge in [-0.05, 0) is 70.0 Å². The van der Waals surface area contributed by atoms with E-state index in [1.54, 1.807) is 6.07 Å². The van der Waals surface area contributed by atoms with Crippen LogP contribution in [0.25, 0.3) is 0 Å². The van der Waals surface area contributed by atoms with Gasteiger partial charge in [-0.2, -0.15) is 0 Å². The van der Waals surface area contributed by atoms with Crippen molar-refractivity contribution in [3.05, 3.63) is 77.9 Å². The van der Waals surface area contributed by atoms with E-state index in [1.165, 1.54) is 5.56 Å². The first-order chi connectivity index (χ1) is 12.8. The Morgan fingerprint density at radius 2 is 1.81 bits per heavy atom. The Bertz CT molecular complexity index is 790. The van der Waals surface area contributed by atoms with Crippen molar-refractivity contribution in [1.29, 1.82) is 0 Å². The minimum Gasteiger partial charge on any atom is -0.508 e. The zero-order valence-corrected chi connectivity index (χ0v) is 16.9. The summed E-state index contributed by atoms with van der Waals surface area (Å²) in [5, 5.41) is 9.90. The molecule has 0 fully saturated rings. The first-order valence-corrected chi connectivity index (χ1v) is 9.56. The number of benzene rings is 2. The SMILES string of the molecule is CN(C/C=C/C#CC(C)(C)C)C(CCc1ccccc1)c1cccc(O)c1. The van der Waals surface area contributed by atoms with Crippen molar-refractivity contribution < 1.29 is 5.11 Å². The fraction of sp³-hybridized carbons (Fsp3) is 0.360. The number of aryl methyl sites for hydroxylation is 1. The van der Waals surface area contributed by atoms with Crippen molar-refractivity contribution in [2.24, 2.45) is 5.41 Å². The Kier molecular flexibility index (Phi) is 7.70. The van der Waals surface area contributed by atoms with Crippen LogP contribution in [0.2, 0.25) is 0 Å². The molecule has 2 heteroatoms. The monoisotopic (exact) mass is 361 g/mol. The van der Waals surface area contributed by atoms with E-state index in [-0.39, 0.29) is 11.5 Å². The Hall–Kier alpha value is -2.50. The van der Waals surface area contributed by atoms with E-state index in [2.05, 4.69) is 81.0 Å². The minimum atomic E-state index is 0.0238. The van der Waals surface area contributed by atoms with E-state index in [0.29, 0.717) is 5.75 Å². The molecule has 0 spiro atoms. The van der Waals surface area contributed by atoms with Crippen LogP contribution in [0.5, 0.6) is 5.75 Å². The van der Waals surface area contributed by atoms with Crippen LogP contribution in [0.4, 0.5) is 0 Å². The summed E-state index contributed by atoms with van der Waals surface area (Å²) in [5.41, 5.74) is 2.50. The van der Waals surface area contributed by atoms with Crippen molar-refractivity contribution >= 4 is 0 Å². The average molecular weight is 362 g/mol. The molecule has 0 aliphatic rings. The van der Waals surface area contributed by atoms with Gasteiger partial charge in [-0.25, -0.2) is 0 Å². The molecular formula is C25H31NO. The van der Waals surface area contributed by atoms with Crippen LogP contribution >= 0.6 is 0 Å². The molecule has 0 aliphatic heterocycles. The van der Waals surface area contributed by atoms with Gasteiger partial charge in [-0.3, -0.25) is 4.90 Å². The van der Waals surface area contributed by atoms with E-state index in [9.17, 15) is 5.11 Å². The van der Waals surface area contributed by atoms with Crippen LogP contribution in [0.3, 0.4) is 0 Å². The highest BCUT2D eigenvalue weighted by molar-refractivity contribution is 5.30. The maximum absolute atomic E-state index is 9.90. The molecule has 142 valence electrons. The van der Waals surface area contributed by atoms with Crippen molar-refractivity contribution in [3.63, 3.8) is 0 Å². The molecule has 0 bridgehead atoms. The molecule has 27 heavy (non-hydrogen) atoms. The molecule has 0 heterocycles. The summed E-state index contributed by atoms with van der Waals surface area (Å²) >= 11 is 0. The number of aromatic hydroxyl groups is 1. The van der Waals surface area contributed by atoms with Gasteiger partial charge in [0.15, 0.2) is 0 Å². The van der Waals surface area contributed by atoms with E-state index in [0.717, 1.165) is 24.9 Å². The molecular weight excluding hydrogens is 330 g/mol. The van der Waals surface area contributed by atoms with Crippen LogP contribution in [0.15, 0.2) is 66.7 Å².